The van der Waals surface area contributed by atoms with E-state index in [0.29, 0.717) is 10.7 Å². The lowest BCUT2D eigenvalue weighted by atomic mass is 9.98. The fourth-order valence-corrected chi connectivity index (χ4v) is 4.83. The van der Waals surface area contributed by atoms with Gasteiger partial charge in [-0.15, -0.1) is 11.3 Å². The number of aromatic nitrogens is 1. The number of rotatable bonds is 10. The highest BCUT2D eigenvalue weighted by Gasteiger charge is 2.28. The second-order valence-electron chi connectivity index (χ2n) is 7.91. The van der Waals surface area contributed by atoms with Gasteiger partial charge in [0, 0.05) is 12.5 Å². The average Bonchev–Trinajstić information content (AvgIpc) is 3.39. The third kappa shape index (κ3) is 5.84. The first kappa shape index (κ1) is 24.4. The van der Waals surface area contributed by atoms with Crippen LogP contribution in [0, 0.1) is 6.92 Å². The molecule has 0 aliphatic heterocycles. The minimum atomic E-state index is -1.04. The van der Waals surface area contributed by atoms with Crippen molar-refractivity contribution in [3.63, 3.8) is 0 Å². The van der Waals surface area contributed by atoms with Crippen molar-refractivity contribution in [2.75, 3.05) is 26.4 Å². The van der Waals surface area contributed by atoms with Gasteiger partial charge >= 0.3 is 12.1 Å². The van der Waals surface area contributed by atoms with Gasteiger partial charge in [-0.3, -0.25) is 4.79 Å². The van der Waals surface area contributed by atoms with Crippen LogP contribution in [-0.2, 0) is 20.8 Å². The van der Waals surface area contributed by atoms with Gasteiger partial charge in [0.1, 0.15) is 23.1 Å². The van der Waals surface area contributed by atoms with Crippen LogP contribution in [0.5, 0.6) is 0 Å². The number of benzene rings is 2. The third-order valence-corrected chi connectivity index (χ3v) is 6.71. The minimum Gasteiger partial charge on any atom is -0.477 e. The standard InChI is InChI=1S/C25H25N3O6S/c1-15-23(24(30)31)35-22(28-15)12-27-21(29)14-33-11-10-26-25(32)34-13-20-18-8-4-2-6-16(18)17-7-3-5-9-19(17)20/h2-9,20H,10-14H2,1H3,(H,26,32)(H,27,29)(H,30,31). The minimum absolute atomic E-state index is 0.0127. The number of aromatic carboxylic acids is 1. The molecule has 1 aromatic heterocycles. The van der Waals surface area contributed by atoms with Crippen LogP contribution in [0.4, 0.5) is 4.79 Å². The molecular weight excluding hydrogens is 470 g/mol. The lowest BCUT2D eigenvalue weighted by molar-refractivity contribution is -0.125. The number of amides is 2. The molecule has 9 nitrogen and oxygen atoms in total. The van der Waals surface area contributed by atoms with E-state index in [9.17, 15) is 14.4 Å². The fourth-order valence-electron chi connectivity index (χ4n) is 3.99. The van der Waals surface area contributed by atoms with E-state index in [-0.39, 0.29) is 49.6 Å². The fraction of sp³-hybridized carbons (Fsp3) is 0.280. The van der Waals surface area contributed by atoms with E-state index in [1.807, 2.05) is 24.3 Å². The van der Waals surface area contributed by atoms with E-state index >= 15 is 0 Å². The Morgan fingerprint density at radius 2 is 1.69 bits per heavy atom. The predicted molar refractivity (Wildman–Crippen MR) is 130 cm³/mol. The second-order valence-corrected chi connectivity index (χ2v) is 8.99. The van der Waals surface area contributed by atoms with E-state index in [4.69, 9.17) is 14.6 Å². The summed E-state index contributed by atoms with van der Waals surface area (Å²) in [6.07, 6.45) is -0.548. The summed E-state index contributed by atoms with van der Waals surface area (Å²) < 4.78 is 10.7. The van der Waals surface area contributed by atoms with Gasteiger partial charge in [0.05, 0.1) is 18.8 Å². The Morgan fingerprint density at radius 3 is 2.31 bits per heavy atom. The van der Waals surface area contributed by atoms with E-state index in [2.05, 4.69) is 39.9 Å². The average molecular weight is 496 g/mol. The normalized spacial score (nSPS) is 12.0. The molecule has 2 aromatic carbocycles. The Balaban J connectivity index is 1.14. The molecule has 0 bridgehead atoms. The van der Waals surface area contributed by atoms with Crippen molar-refractivity contribution in [2.45, 2.75) is 19.4 Å². The number of hydrogen-bond donors (Lipinski definition) is 3. The smallest absolute Gasteiger partial charge is 0.407 e. The van der Waals surface area contributed by atoms with Crippen molar-refractivity contribution >= 4 is 29.3 Å². The monoisotopic (exact) mass is 495 g/mol. The number of ether oxygens (including phenoxy) is 2. The molecule has 3 N–H and O–H groups in total. The highest BCUT2D eigenvalue weighted by molar-refractivity contribution is 7.13. The molecule has 0 saturated carbocycles. The zero-order valence-electron chi connectivity index (χ0n) is 19.1. The maximum atomic E-state index is 12.1. The van der Waals surface area contributed by atoms with Crippen molar-refractivity contribution < 1.29 is 29.0 Å². The zero-order chi connectivity index (χ0) is 24.8. The number of alkyl carbamates (subject to hydrolysis) is 1. The van der Waals surface area contributed by atoms with E-state index in [1.54, 1.807) is 6.92 Å². The second kappa shape index (κ2) is 11.1. The molecule has 0 fully saturated rings. The van der Waals surface area contributed by atoms with Gasteiger partial charge < -0.3 is 25.2 Å². The molecule has 3 aromatic rings. The van der Waals surface area contributed by atoms with Crippen LogP contribution in [0.3, 0.4) is 0 Å². The Hall–Kier alpha value is -3.76. The van der Waals surface area contributed by atoms with Crippen LogP contribution in [0.15, 0.2) is 48.5 Å². The van der Waals surface area contributed by atoms with Crippen molar-refractivity contribution in [1.29, 1.82) is 0 Å². The molecule has 1 aliphatic carbocycles. The van der Waals surface area contributed by atoms with Crippen LogP contribution in [0.2, 0.25) is 0 Å². The molecule has 0 radical (unpaired) electrons. The highest BCUT2D eigenvalue weighted by Crippen LogP contribution is 2.44. The number of nitrogens with one attached hydrogen (secondary N) is 2. The first-order valence-electron chi connectivity index (χ1n) is 11.1. The molecule has 1 aliphatic rings. The maximum Gasteiger partial charge on any atom is 0.407 e. The van der Waals surface area contributed by atoms with Gasteiger partial charge in [-0.05, 0) is 29.2 Å². The lowest BCUT2D eigenvalue weighted by Gasteiger charge is -2.14. The number of aryl methyl sites for hydroxylation is 1. The summed E-state index contributed by atoms with van der Waals surface area (Å²) in [5.74, 6) is -1.41. The van der Waals surface area contributed by atoms with Crippen LogP contribution < -0.4 is 10.6 Å². The van der Waals surface area contributed by atoms with Crippen molar-refractivity contribution in [3.8, 4) is 11.1 Å². The summed E-state index contributed by atoms with van der Waals surface area (Å²) in [7, 11) is 0. The number of carbonyl (C=O) groups excluding carboxylic acids is 2. The van der Waals surface area contributed by atoms with Gasteiger partial charge in [-0.2, -0.15) is 0 Å². The number of carboxylic acids is 1. The summed E-state index contributed by atoms with van der Waals surface area (Å²) in [5.41, 5.74) is 5.03. The Labute approximate surface area is 206 Å². The van der Waals surface area contributed by atoms with E-state index < -0.39 is 12.1 Å². The summed E-state index contributed by atoms with van der Waals surface area (Å²) >= 11 is 1.02. The Kier molecular flexibility index (Phi) is 7.74. The number of fused-ring (bicyclic) bond motifs is 3. The summed E-state index contributed by atoms with van der Waals surface area (Å²) in [6, 6.07) is 16.2. The molecule has 1 heterocycles. The topological polar surface area (TPSA) is 127 Å². The first-order valence-corrected chi connectivity index (χ1v) is 11.9. The number of thiazole rings is 1. The largest absolute Gasteiger partial charge is 0.477 e. The quantitative estimate of drug-likeness (QED) is 0.368. The molecule has 0 spiro atoms. The van der Waals surface area contributed by atoms with Gasteiger partial charge in [0.2, 0.25) is 5.91 Å². The van der Waals surface area contributed by atoms with Crippen LogP contribution in [0.1, 0.15) is 37.4 Å². The maximum absolute atomic E-state index is 12.1. The highest BCUT2D eigenvalue weighted by atomic mass is 32.1. The Bertz CT molecular complexity index is 1200. The van der Waals surface area contributed by atoms with Crippen molar-refractivity contribution in [1.82, 2.24) is 15.6 Å². The molecule has 10 heteroatoms. The number of carbonyl (C=O) groups is 3. The van der Waals surface area contributed by atoms with Gasteiger partial charge in [-0.1, -0.05) is 48.5 Å². The van der Waals surface area contributed by atoms with Crippen molar-refractivity contribution in [2.24, 2.45) is 0 Å². The van der Waals surface area contributed by atoms with Gasteiger partial charge in [-0.25, -0.2) is 14.6 Å². The van der Waals surface area contributed by atoms with Gasteiger partial charge in [0.15, 0.2) is 0 Å². The predicted octanol–water partition coefficient (Wildman–Crippen LogP) is 3.32. The van der Waals surface area contributed by atoms with Crippen molar-refractivity contribution in [3.05, 3.63) is 75.2 Å². The first-order chi connectivity index (χ1) is 16.9. The molecule has 0 atom stereocenters. The molecule has 0 unspecified atom stereocenters. The molecule has 2 amide bonds. The molecule has 0 saturated heterocycles. The van der Waals surface area contributed by atoms with Crippen LogP contribution in [-0.4, -0.2) is 54.4 Å². The molecule has 182 valence electrons. The third-order valence-electron chi connectivity index (χ3n) is 5.56. The van der Waals surface area contributed by atoms with E-state index in [1.165, 1.54) is 0 Å². The Morgan fingerprint density at radius 1 is 1.03 bits per heavy atom. The van der Waals surface area contributed by atoms with Gasteiger partial charge in [0.25, 0.3) is 0 Å². The van der Waals surface area contributed by atoms with E-state index in [0.717, 1.165) is 33.6 Å². The SMILES string of the molecule is Cc1nc(CNC(=O)COCCNC(=O)OCC2c3ccccc3-c3ccccc32)sc1C(=O)O. The van der Waals surface area contributed by atoms with Crippen LogP contribution in [0.25, 0.3) is 11.1 Å². The lowest BCUT2D eigenvalue weighted by Crippen LogP contribution is -2.31. The number of carboxylic acid groups (broad SMARTS) is 1. The summed E-state index contributed by atoms with van der Waals surface area (Å²) in [6.45, 7) is 2.09. The molecule has 4 rings (SSSR count). The van der Waals surface area contributed by atoms with Crippen LogP contribution >= 0.6 is 11.3 Å². The summed E-state index contributed by atoms with van der Waals surface area (Å²) in [4.78, 5) is 39.4. The number of nitrogens with zero attached hydrogens (tertiary/aromatic N) is 1. The zero-order valence-corrected chi connectivity index (χ0v) is 19.9. The molecular formula is C25H25N3O6S. The summed E-state index contributed by atoms with van der Waals surface area (Å²) in [5, 5.41) is 14.8. The number of hydrogen-bond acceptors (Lipinski definition) is 7. The molecule has 35 heavy (non-hydrogen) atoms.